The Morgan fingerprint density at radius 2 is 1.97 bits per heavy atom. The fourth-order valence-corrected chi connectivity index (χ4v) is 4.37. The molecule has 1 N–H and O–H groups in total. The summed E-state index contributed by atoms with van der Waals surface area (Å²) >= 11 is 0. The molecule has 0 saturated carbocycles. The van der Waals surface area contributed by atoms with Gasteiger partial charge in [-0.25, -0.2) is 4.98 Å². The number of fused-ring (bicyclic) bond motifs is 1. The topological polar surface area (TPSA) is 104 Å². The summed E-state index contributed by atoms with van der Waals surface area (Å²) < 4.78 is 12.6. The molecule has 1 aliphatic rings. The van der Waals surface area contributed by atoms with Crippen molar-refractivity contribution in [3.63, 3.8) is 0 Å². The molecule has 3 heterocycles. The number of rotatable bonds is 6. The number of nitrogens with zero attached hydrogens (tertiary/aromatic N) is 5. The number of carbonyl (C=O) groups is 1. The highest BCUT2D eigenvalue weighted by Gasteiger charge is 2.34. The number of benzene rings is 2. The number of hydrogen-bond donors (Lipinski definition) is 1. The van der Waals surface area contributed by atoms with Crippen LogP contribution >= 0.6 is 0 Å². The molecule has 1 aliphatic heterocycles. The minimum absolute atomic E-state index is 0.106. The van der Waals surface area contributed by atoms with Crippen molar-refractivity contribution >= 4 is 11.7 Å². The van der Waals surface area contributed by atoms with Gasteiger partial charge in [0.1, 0.15) is 12.4 Å². The van der Waals surface area contributed by atoms with Crippen LogP contribution in [-0.4, -0.2) is 44.6 Å². The molecule has 0 aliphatic carbocycles. The molecule has 9 nitrogen and oxygen atoms in total. The summed E-state index contributed by atoms with van der Waals surface area (Å²) in [6.45, 7) is 4.03. The van der Waals surface area contributed by atoms with E-state index in [1.165, 1.54) is 0 Å². The van der Waals surface area contributed by atoms with E-state index in [0.29, 0.717) is 23.0 Å². The molecule has 1 amide bonds. The van der Waals surface area contributed by atoms with E-state index in [1.54, 1.807) is 18.0 Å². The fraction of sp³-hybridized carbons (Fsp3) is 0.222. The minimum atomic E-state index is -0.255. The van der Waals surface area contributed by atoms with Crippen LogP contribution in [0.3, 0.4) is 0 Å². The van der Waals surface area contributed by atoms with Gasteiger partial charge >= 0.3 is 0 Å². The first-order valence-electron chi connectivity index (χ1n) is 11.4. The standard InChI is InChI=1S/C27H24N6O3/c1-5-12-36-23-13-19(10-11-22(23)35-4)20-14-24(34)30-26-25(20)17(3)32-33(26)27-29-21(15-28-31-27)18-8-6-16(2)7-9-18/h1,6-11,13,15,20H,12,14H2,2-4H3,(H,30,34). The number of hydrogen-bond acceptors (Lipinski definition) is 7. The first-order valence-corrected chi connectivity index (χ1v) is 11.4. The smallest absolute Gasteiger partial charge is 0.272 e. The SMILES string of the molecule is C#CCOc1cc(C2CC(=O)Nc3c2c(C)nn3-c2nncc(-c3ccc(C)cc3)n2)ccc1OC. The molecule has 36 heavy (non-hydrogen) atoms. The van der Waals surface area contributed by atoms with Crippen LogP contribution in [-0.2, 0) is 4.79 Å². The van der Waals surface area contributed by atoms with E-state index >= 15 is 0 Å². The molecule has 0 radical (unpaired) electrons. The van der Waals surface area contributed by atoms with Gasteiger partial charge in [0.25, 0.3) is 5.95 Å². The van der Waals surface area contributed by atoms with Gasteiger partial charge in [-0.05, 0) is 31.5 Å². The van der Waals surface area contributed by atoms with Gasteiger partial charge in [0, 0.05) is 23.5 Å². The number of anilines is 1. The van der Waals surface area contributed by atoms with E-state index in [2.05, 4.69) is 31.5 Å². The van der Waals surface area contributed by atoms with Crippen LogP contribution in [0.25, 0.3) is 17.2 Å². The Morgan fingerprint density at radius 1 is 1.17 bits per heavy atom. The molecule has 5 rings (SSSR count). The summed E-state index contributed by atoms with van der Waals surface area (Å²) in [6, 6.07) is 13.6. The summed E-state index contributed by atoms with van der Waals surface area (Å²) in [4.78, 5) is 17.5. The zero-order valence-corrected chi connectivity index (χ0v) is 20.1. The normalized spacial score (nSPS) is 14.5. The molecule has 1 atom stereocenters. The molecule has 2 aromatic heterocycles. The van der Waals surface area contributed by atoms with Crippen LogP contribution in [0.2, 0.25) is 0 Å². The van der Waals surface area contributed by atoms with E-state index in [-0.39, 0.29) is 30.8 Å². The summed E-state index contributed by atoms with van der Waals surface area (Å²) in [6.07, 6.45) is 7.22. The van der Waals surface area contributed by atoms with Crippen molar-refractivity contribution < 1.29 is 14.3 Å². The predicted octanol–water partition coefficient (Wildman–Crippen LogP) is 3.84. The third kappa shape index (κ3) is 4.25. The summed E-state index contributed by atoms with van der Waals surface area (Å²) in [5, 5.41) is 16.0. The average molecular weight is 481 g/mol. The molecule has 0 spiro atoms. The van der Waals surface area contributed by atoms with E-state index in [9.17, 15) is 4.79 Å². The Morgan fingerprint density at radius 3 is 2.72 bits per heavy atom. The Labute approximate surface area is 208 Å². The molecule has 4 aromatic rings. The summed E-state index contributed by atoms with van der Waals surface area (Å²) in [7, 11) is 1.57. The number of carbonyl (C=O) groups excluding carboxylic acids is 1. The molecule has 1 unspecified atom stereocenters. The Bertz CT molecular complexity index is 1490. The molecule has 9 heteroatoms. The van der Waals surface area contributed by atoms with E-state index < -0.39 is 0 Å². The highest BCUT2D eigenvalue weighted by Crippen LogP contribution is 2.42. The van der Waals surface area contributed by atoms with Gasteiger partial charge in [0.2, 0.25) is 5.91 Å². The number of nitrogens with one attached hydrogen (secondary N) is 1. The molecular weight excluding hydrogens is 456 g/mol. The van der Waals surface area contributed by atoms with Crippen LogP contribution < -0.4 is 14.8 Å². The molecular formula is C27H24N6O3. The maximum atomic E-state index is 12.8. The van der Waals surface area contributed by atoms with Gasteiger partial charge in [-0.2, -0.15) is 14.9 Å². The second-order valence-corrected chi connectivity index (χ2v) is 8.48. The summed E-state index contributed by atoms with van der Waals surface area (Å²) in [5.41, 5.74) is 5.24. The quantitative estimate of drug-likeness (QED) is 0.418. The lowest BCUT2D eigenvalue weighted by Crippen LogP contribution is -2.25. The lowest BCUT2D eigenvalue weighted by Gasteiger charge is -2.25. The molecule has 180 valence electrons. The first kappa shape index (κ1) is 23.1. The maximum absolute atomic E-state index is 12.8. The average Bonchev–Trinajstić information content (AvgIpc) is 3.23. The van der Waals surface area contributed by atoms with E-state index in [1.807, 2.05) is 56.3 Å². The Kier molecular flexibility index (Phi) is 6.09. The Balaban J connectivity index is 1.57. The predicted molar refractivity (Wildman–Crippen MR) is 134 cm³/mol. The first-order chi connectivity index (χ1) is 17.5. The zero-order valence-electron chi connectivity index (χ0n) is 20.1. The van der Waals surface area contributed by atoms with Gasteiger partial charge in [0.05, 0.1) is 24.7 Å². The second-order valence-electron chi connectivity index (χ2n) is 8.48. The third-order valence-corrected chi connectivity index (χ3v) is 6.09. The number of aryl methyl sites for hydroxylation is 2. The number of methoxy groups -OCH3 is 1. The van der Waals surface area contributed by atoms with Crippen LogP contribution in [0.5, 0.6) is 11.5 Å². The van der Waals surface area contributed by atoms with Crippen LogP contribution in [0.15, 0.2) is 48.7 Å². The zero-order chi connectivity index (χ0) is 25.2. The van der Waals surface area contributed by atoms with Crippen molar-refractivity contribution in [2.24, 2.45) is 0 Å². The van der Waals surface area contributed by atoms with Crippen molar-refractivity contribution in [3.8, 4) is 41.0 Å². The largest absolute Gasteiger partial charge is 0.493 e. The van der Waals surface area contributed by atoms with Crippen molar-refractivity contribution in [1.29, 1.82) is 0 Å². The minimum Gasteiger partial charge on any atom is -0.493 e. The lowest BCUT2D eigenvalue weighted by molar-refractivity contribution is -0.116. The van der Waals surface area contributed by atoms with Crippen molar-refractivity contribution in [1.82, 2.24) is 25.0 Å². The van der Waals surface area contributed by atoms with E-state index in [0.717, 1.165) is 27.9 Å². The van der Waals surface area contributed by atoms with Gasteiger partial charge in [0.15, 0.2) is 11.5 Å². The highest BCUT2D eigenvalue weighted by atomic mass is 16.5. The monoisotopic (exact) mass is 480 g/mol. The van der Waals surface area contributed by atoms with Crippen molar-refractivity contribution in [2.45, 2.75) is 26.2 Å². The number of ether oxygens (including phenoxy) is 2. The molecule has 2 aromatic carbocycles. The van der Waals surface area contributed by atoms with Crippen molar-refractivity contribution in [3.05, 3.63) is 71.0 Å². The number of terminal acetylenes is 1. The van der Waals surface area contributed by atoms with Gasteiger partial charge in [-0.1, -0.05) is 41.8 Å². The molecule has 0 bridgehead atoms. The van der Waals surface area contributed by atoms with E-state index in [4.69, 9.17) is 15.9 Å². The van der Waals surface area contributed by atoms with Crippen molar-refractivity contribution in [2.75, 3.05) is 19.0 Å². The van der Waals surface area contributed by atoms with Crippen LogP contribution in [0.4, 0.5) is 5.82 Å². The van der Waals surface area contributed by atoms with Crippen LogP contribution in [0.1, 0.15) is 34.7 Å². The van der Waals surface area contributed by atoms with Gasteiger partial charge in [-0.15, -0.1) is 11.5 Å². The van der Waals surface area contributed by atoms with Gasteiger partial charge < -0.3 is 14.8 Å². The van der Waals surface area contributed by atoms with Gasteiger partial charge in [-0.3, -0.25) is 4.79 Å². The number of aromatic nitrogens is 5. The highest BCUT2D eigenvalue weighted by molar-refractivity contribution is 5.95. The Hall–Kier alpha value is -4.71. The lowest BCUT2D eigenvalue weighted by atomic mass is 9.85. The second kappa shape index (κ2) is 9.50. The summed E-state index contributed by atoms with van der Waals surface area (Å²) in [5.74, 6) is 3.95. The fourth-order valence-electron chi connectivity index (χ4n) is 4.37. The third-order valence-electron chi connectivity index (χ3n) is 6.09. The number of amides is 1. The molecule has 0 saturated heterocycles. The molecule has 0 fully saturated rings. The maximum Gasteiger partial charge on any atom is 0.272 e. The van der Waals surface area contributed by atoms with Crippen LogP contribution in [0, 0.1) is 26.2 Å².